The van der Waals surface area contributed by atoms with Gasteiger partial charge in [-0.25, -0.2) is 0 Å². The van der Waals surface area contributed by atoms with Crippen LogP contribution in [0.5, 0.6) is 0 Å². The standard InChI is InChI=1S/C27H28F3NSi/c1-32(2,3)19-18-26(24-14-16-25(17-15-24)27(28,29)30)31(20-22-10-6-4-7-11-22)21-23-12-8-5-9-13-23/h4-17,26H,20-21H2,1-3H3/t26-/m0/s1. The van der Waals surface area contributed by atoms with Gasteiger partial charge in [-0.15, -0.1) is 5.54 Å². The second-order valence-corrected chi connectivity index (χ2v) is 13.7. The van der Waals surface area contributed by atoms with Gasteiger partial charge >= 0.3 is 6.18 Å². The Bertz CT molecular complexity index is 1000. The third-order valence-corrected chi connectivity index (χ3v) is 5.85. The summed E-state index contributed by atoms with van der Waals surface area (Å²) >= 11 is 0. The second kappa shape index (κ2) is 10.2. The quantitative estimate of drug-likeness (QED) is 0.280. The highest BCUT2D eigenvalue weighted by Crippen LogP contribution is 2.31. The molecule has 0 saturated carbocycles. The minimum Gasteiger partial charge on any atom is -0.278 e. The first-order chi connectivity index (χ1) is 15.1. The Labute approximate surface area is 189 Å². The van der Waals surface area contributed by atoms with E-state index in [1.165, 1.54) is 0 Å². The van der Waals surface area contributed by atoms with Crippen molar-refractivity contribution < 1.29 is 13.2 Å². The zero-order chi connectivity index (χ0) is 23.2. The van der Waals surface area contributed by atoms with Gasteiger partial charge < -0.3 is 0 Å². The van der Waals surface area contributed by atoms with Crippen LogP contribution in [-0.2, 0) is 19.3 Å². The molecule has 0 aliphatic carbocycles. The van der Waals surface area contributed by atoms with Crippen LogP contribution in [0.15, 0.2) is 84.9 Å². The van der Waals surface area contributed by atoms with Gasteiger partial charge in [0.2, 0.25) is 0 Å². The van der Waals surface area contributed by atoms with E-state index in [2.05, 4.69) is 60.3 Å². The topological polar surface area (TPSA) is 3.24 Å². The predicted octanol–water partition coefficient (Wildman–Crippen LogP) is 7.33. The van der Waals surface area contributed by atoms with Crippen molar-refractivity contribution in [2.45, 2.75) is 44.9 Å². The molecule has 0 amide bonds. The third-order valence-electron chi connectivity index (χ3n) is 4.96. The van der Waals surface area contributed by atoms with Crippen LogP contribution in [0.1, 0.15) is 28.3 Å². The van der Waals surface area contributed by atoms with E-state index in [4.69, 9.17) is 0 Å². The number of nitrogens with zero attached hydrogens (tertiary/aromatic N) is 1. The molecule has 0 saturated heterocycles. The van der Waals surface area contributed by atoms with Crippen molar-refractivity contribution in [3.05, 3.63) is 107 Å². The summed E-state index contributed by atoms with van der Waals surface area (Å²) in [6.45, 7) is 7.79. The normalized spacial score (nSPS) is 12.8. The summed E-state index contributed by atoms with van der Waals surface area (Å²) in [7, 11) is -1.69. The first-order valence-electron chi connectivity index (χ1n) is 10.6. The van der Waals surface area contributed by atoms with E-state index < -0.39 is 19.8 Å². The minimum absolute atomic E-state index is 0.315. The number of benzene rings is 3. The molecule has 32 heavy (non-hydrogen) atoms. The van der Waals surface area contributed by atoms with Gasteiger partial charge in [0.25, 0.3) is 0 Å². The van der Waals surface area contributed by atoms with Crippen molar-refractivity contribution in [1.29, 1.82) is 0 Å². The number of halogens is 3. The fraction of sp³-hybridized carbons (Fsp3) is 0.259. The largest absolute Gasteiger partial charge is 0.416 e. The molecule has 3 rings (SSSR count). The minimum atomic E-state index is -4.36. The van der Waals surface area contributed by atoms with Crippen LogP contribution in [0.4, 0.5) is 13.2 Å². The first-order valence-corrected chi connectivity index (χ1v) is 14.1. The monoisotopic (exact) mass is 451 g/mol. The molecule has 0 heterocycles. The van der Waals surface area contributed by atoms with Gasteiger partial charge in [-0.2, -0.15) is 13.2 Å². The highest BCUT2D eigenvalue weighted by molar-refractivity contribution is 6.83. The molecule has 0 N–H and O–H groups in total. The van der Waals surface area contributed by atoms with Gasteiger partial charge in [0.15, 0.2) is 0 Å². The van der Waals surface area contributed by atoms with E-state index in [9.17, 15) is 13.2 Å². The van der Waals surface area contributed by atoms with Crippen LogP contribution >= 0.6 is 0 Å². The van der Waals surface area contributed by atoms with E-state index in [0.29, 0.717) is 13.1 Å². The van der Waals surface area contributed by atoms with Crippen LogP contribution < -0.4 is 0 Å². The van der Waals surface area contributed by atoms with Gasteiger partial charge in [-0.3, -0.25) is 4.90 Å². The maximum absolute atomic E-state index is 13.1. The Morgan fingerprint density at radius 2 is 1.22 bits per heavy atom. The number of hydrogen-bond donors (Lipinski definition) is 0. The molecule has 3 aromatic rings. The maximum atomic E-state index is 13.1. The molecule has 0 aliphatic heterocycles. The molecule has 0 aliphatic rings. The van der Waals surface area contributed by atoms with Gasteiger partial charge in [-0.1, -0.05) is 98.4 Å². The van der Waals surface area contributed by atoms with Gasteiger partial charge in [0.1, 0.15) is 8.07 Å². The molecule has 0 radical (unpaired) electrons. The van der Waals surface area contributed by atoms with E-state index in [1.54, 1.807) is 12.1 Å². The van der Waals surface area contributed by atoms with Crippen molar-refractivity contribution in [3.8, 4) is 11.5 Å². The van der Waals surface area contributed by atoms with Crippen LogP contribution in [0, 0.1) is 11.5 Å². The molecule has 1 nitrogen and oxygen atoms in total. The molecule has 166 valence electrons. The number of alkyl halides is 3. The summed E-state index contributed by atoms with van der Waals surface area (Å²) in [6, 6.07) is 25.3. The highest BCUT2D eigenvalue weighted by atomic mass is 28.3. The van der Waals surface area contributed by atoms with Crippen molar-refractivity contribution in [3.63, 3.8) is 0 Å². The fourth-order valence-electron chi connectivity index (χ4n) is 3.40. The third kappa shape index (κ3) is 7.12. The van der Waals surface area contributed by atoms with Crippen molar-refractivity contribution >= 4 is 8.07 Å². The molecule has 0 fully saturated rings. The van der Waals surface area contributed by atoms with Crippen molar-refractivity contribution in [2.75, 3.05) is 0 Å². The SMILES string of the molecule is C[Si](C)(C)C#C[C@@H](c1ccc(C(F)(F)F)cc1)N(Cc1ccccc1)Cc1ccccc1. The molecule has 0 aromatic heterocycles. The summed E-state index contributed by atoms with van der Waals surface area (Å²) in [5.41, 5.74) is 5.84. The maximum Gasteiger partial charge on any atom is 0.416 e. The Morgan fingerprint density at radius 3 is 1.62 bits per heavy atom. The Balaban J connectivity index is 2.04. The van der Waals surface area contributed by atoms with E-state index in [-0.39, 0.29) is 6.04 Å². The van der Waals surface area contributed by atoms with E-state index >= 15 is 0 Å². The van der Waals surface area contributed by atoms with Crippen molar-refractivity contribution in [2.24, 2.45) is 0 Å². The van der Waals surface area contributed by atoms with Crippen LogP contribution in [0.3, 0.4) is 0 Å². The zero-order valence-corrected chi connectivity index (χ0v) is 19.7. The molecule has 0 bridgehead atoms. The summed E-state index contributed by atoms with van der Waals surface area (Å²) in [5.74, 6) is 3.43. The summed E-state index contributed by atoms with van der Waals surface area (Å²) in [6.07, 6.45) is -4.36. The average Bonchev–Trinajstić information content (AvgIpc) is 2.74. The Morgan fingerprint density at radius 1 is 0.750 bits per heavy atom. The van der Waals surface area contributed by atoms with E-state index in [0.717, 1.165) is 28.8 Å². The molecule has 1 atom stereocenters. The molecule has 5 heteroatoms. The number of hydrogen-bond acceptors (Lipinski definition) is 1. The number of rotatable bonds is 6. The molecular weight excluding hydrogens is 423 g/mol. The Kier molecular flexibility index (Phi) is 7.60. The van der Waals surface area contributed by atoms with Gasteiger partial charge in [0.05, 0.1) is 11.6 Å². The van der Waals surface area contributed by atoms with Crippen LogP contribution in [0.2, 0.25) is 19.6 Å². The van der Waals surface area contributed by atoms with Gasteiger partial charge in [-0.05, 0) is 28.8 Å². The van der Waals surface area contributed by atoms with E-state index in [1.807, 2.05) is 36.4 Å². The highest BCUT2D eigenvalue weighted by Gasteiger charge is 2.30. The zero-order valence-electron chi connectivity index (χ0n) is 18.7. The smallest absolute Gasteiger partial charge is 0.278 e. The lowest BCUT2D eigenvalue weighted by Gasteiger charge is -2.29. The lowest BCUT2D eigenvalue weighted by Crippen LogP contribution is -2.28. The van der Waals surface area contributed by atoms with Gasteiger partial charge in [0, 0.05) is 13.1 Å². The molecule has 0 spiro atoms. The van der Waals surface area contributed by atoms with Crippen LogP contribution in [0.25, 0.3) is 0 Å². The molecule has 0 unspecified atom stereocenters. The molecular formula is C27H28F3NSi. The summed E-state index contributed by atoms with van der Waals surface area (Å²) in [4.78, 5) is 2.24. The van der Waals surface area contributed by atoms with Crippen molar-refractivity contribution in [1.82, 2.24) is 4.90 Å². The lowest BCUT2D eigenvalue weighted by atomic mass is 10.0. The summed E-state index contributed by atoms with van der Waals surface area (Å²) < 4.78 is 39.4. The molecule has 3 aromatic carbocycles. The second-order valence-electron chi connectivity index (χ2n) is 8.92. The average molecular weight is 452 g/mol. The first kappa shape index (κ1) is 23.8. The predicted molar refractivity (Wildman–Crippen MR) is 127 cm³/mol. The van der Waals surface area contributed by atoms with Crippen LogP contribution in [-0.4, -0.2) is 13.0 Å². The fourth-order valence-corrected chi connectivity index (χ4v) is 3.97. The lowest BCUT2D eigenvalue weighted by molar-refractivity contribution is -0.137. The Hall–Kier alpha value is -2.81. The summed E-state index contributed by atoms with van der Waals surface area (Å²) in [5, 5.41) is 0.